The molecule has 3 atom stereocenters. The molecule has 4 aromatic heterocycles. The Balaban J connectivity index is 0.935. The number of ether oxygens (including phenoxy) is 1. The monoisotopic (exact) mass is 678 g/mol. The first-order valence-electron chi connectivity index (χ1n) is 16.3. The van der Waals surface area contributed by atoms with Crippen molar-refractivity contribution in [1.82, 2.24) is 39.6 Å². The van der Waals surface area contributed by atoms with Gasteiger partial charge in [-0.05, 0) is 43.4 Å². The van der Waals surface area contributed by atoms with Gasteiger partial charge in [-0.1, -0.05) is 0 Å². The molecule has 4 aromatic rings. The summed E-state index contributed by atoms with van der Waals surface area (Å²) >= 11 is 0. The Hall–Kier alpha value is -4.90. The van der Waals surface area contributed by atoms with E-state index in [0.29, 0.717) is 68.1 Å². The smallest absolute Gasteiger partial charge is 0.284 e. The summed E-state index contributed by atoms with van der Waals surface area (Å²) in [5, 5.41) is 13.3. The van der Waals surface area contributed by atoms with Gasteiger partial charge < -0.3 is 15.0 Å². The third-order valence-corrected chi connectivity index (χ3v) is 9.91. The highest BCUT2D eigenvalue weighted by Crippen LogP contribution is 2.34. The van der Waals surface area contributed by atoms with Crippen molar-refractivity contribution >= 4 is 34.9 Å². The molecule has 4 fully saturated rings. The molecular formula is C32H33F3N10O4. The highest BCUT2D eigenvalue weighted by molar-refractivity contribution is 6.08. The SMILES string of the molecule is O=C1CCC(c2cnc(F)c(CN3CCC(n4cc(NC(=O)c5cnn6ccc(N7C[C@H]8C[C@@H]7CO8)nc56)c(C(F)F)n4)CC3)c2)C(=O)N1. The molecular weight excluding hydrogens is 645 g/mol. The highest BCUT2D eigenvalue weighted by Gasteiger charge is 2.40. The van der Waals surface area contributed by atoms with E-state index in [4.69, 9.17) is 9.72 Å². The van der Waals surface area contributed by atoms with Crippen molar-refractivity contribution in [3.05, 3.63) is 65.3 Å². The van der Waals surface area contributed by atoms with Crippen molar-refractivity contribution < 1.29 is 32.3 Å². The van der Waals surface area contributed by atoms with E-state index >= 15 is 0 Å². The second-order valence-electron chi connectivity index (χ2n) is 13.0. The number of aromatic nitrogens is 6. The van der Waals surface area contributed by atoms with Gasteiger partial charge in [-0.15, -0.1) is 0 Å². The van der Waals surface area contributed by atoms with Crippen LogP contribution in [-0.4, -0.2) is 90.4 Å². The summed E-state index contributed by atoms with van der Waals surface area (Å²) in [5.74, 6) is -1.88. The molecule has 0 aliphatic carbocycles. The van der Waals surface area contributed by atoms with Crippen LogP contribution in [0, 0.1) is 5.95 Å². The van der Waals surface area contributed by atoms with Crippen molar-refractivity contribution in [1.29, 1.82) is 0 Å². The zero-order valence-corrected chi connectivity index (χ0v) is 26.3. The number of morpholine rings is 1. The van der Waals surface area contributed by atoms with E-state index in [1.54, 1.807) is 12.3 Å². The van der Waals surface area contributed by atoms with Gasteiger partial charge in [-0.25, -0.2) is 23.3 Å². The minimum absolute atomic E-state index is 0.0923. The van der Waals surface area contributed by atoms with Gasteiger partial charge in [0.15, 0.2) is 11.3 Å². The van der Waals surface area contributed by atoms with Crippen LogP contribution >= 0.6 is 0 Å². The lowest BCUT2D eigenvalue weighted by Crippen LogP contribution is -2.39. The molecule has 0 saturated carbocycles. The number of alkyl halides is 2. The number of halogens is 3. The molecule has 3 amide bonds. The Morgan fingerprint density at radius 1 is 1.14 bits per heavy atom. The number of pyridine rings is 1. The molecule has 0 aromatic carbocycles. The topological polar surface area (TPSA) is 152 Å². The maximum absolute atomic E-state index is 14.7. The van der Waals surface area contributed by atoms with Crippen molar-refractivity contribution in [2.45, 2.75) is 69.2 Å². The first-order valence-corrected chi connectivity index (χ1v) is 16.3. The van der Waals surface area contributed by atoms with Gasteiger partial charge in [0.05, 0.1) is 42.6 Å². The number of nitrogens with one attached hydrogen (secondary N) is 2. The van der Waals surface area contributed by atoms with Crippen molar-refractivity contribution in [3.63, 3.8) is 0 Å². The standard InChI is InChI=1S/C32H33F3N10O4/c33-28(34)27-24(38-32(48)23-12-37-44-8-5-25(39-30(23)44)43-14-21-10-20(43)16-49-21)15-45(41-27)19-3-6-42(7-4-19)13-18-9-17(11-36-29(18)35)22-1-2-26(46)40-31(22)47/h5,8-9,11-12,15,19-22,28H,1-4,6-7,10,13-14,16H2,(H,38,48)(H,40,46,47)/t20-,21-,22?/m1/s1. The highest BCUT2D eigenvalue weighted by atomic mass is 19.3. The molecule has 2 bridgehead atoms. The minimum Gasteiger partial charge on any atom is -0.374 e. The lowest BCUT2D eigenvalue weighted by molar-refractivity contribution is -0.134. The van der Waals surface area contributed by atoms with Gasteiger partial charge in [0.1, 0.15) is 11.4 Å². The number of carbonyl (C=O) groups excluding carboxylic acids is 3. The molecule has 0 spiro atoms. The molecule has 4 aliphatic rings. The molecule has 8 rings (SSSR count). The van der Waals surface area contributed by atoms with Crippen LogP contribution < -0.4 is 15.5 Å². The summed E-state index contributed by atoms with van der Waals surface area (Å²) in [6, 6.07) is 3.45. The summed E-state index contributed by atoms with van der Waals surface area (Å²) < 4.78 is 51.6. The minimum atomic E-state index is -2.93. The van der Waals surface area contributed by atoms with Gasteiger partial charge in [-0.2, -0.15) is 14.6 Å². The van der Waals surface area contributed by atoms with Crippen LogP contribution in [0.2, 0.25) is 0 Å². The fourth-order valence-electron chi connectivity index (χ4n) is 7.31. The number of hydrogen-bond donors (Lipinski definition) is 2. The fourth-order valence-corrected chi connectivity index (χ4v) is 7.31. The molecule has 1 unspecified atom stereocenters. The van der Waals surface area contributed by atoms with E-state index in [-0.39, 0.29) is 48.3 Å². The number of hydrogen-bond acceptors (Lipinski definition) is 10. The molecule has 17 heteroatoms. The molecule has 4 saturated heterocycles. The molecule has 8 heterocycles. The van der Waals surface area contributed by atoms with Gasteiger partial charge in [-0.3, -0.25) is 29.3 Å². The Labute approximate surface area is 277 Å². The van der Waals surface area contributed by atoms with Gasteiger partial charge in [0, 0.05) is 56.8 Å². The summed E-state index contributed by atoms with van der Waals surface area (Å²) in [4.78, 5) is 50.0. The van der Waals surface area contributed by atoms with E-state index in [9.17, 15) is 27.6 Å². The van der Waals surface area contributed by atoms with Crippen LogP contribution in [0.15, 0.2) is 36.9 Å². The second-order valence-corrected chi connectivity index (χ2v) is 13.0. The summed E-state index contributed by atoms with van der Waals surface area (Å²) in [7, 11) is 0. The van der Waals surface area contributed by atoms with Crippen LogP contribution in [0.1, 0.15) is 77.7 Å². The Bertz CT molecular complexity index is 1940. The zero-order chi connectivity index (χ0) is 33.8. The molecule has 14 nitrogen and oxygen atoms in total. The third kappa shape index (κ3) is 6.01. The van der Waals surface area contributed by atoms with E-state index in [2.05, 4.69) is 30.7 Å². The number of anilines is 2. The van der Waals surface area contributed by atoms with Crippen molar-refractivity contribution in [2.75, 3.05) is 36.5 Å². The number of piperidine rings is 2. The maximum Gasteiger partial charge on any atom is 0.284 e. The second kappa shape index (κ2) is 12.5. The molecule has 256 valence electrons. The third-order valence-electron chi connectivity index (χ3n) is 9.91. The fraction of sp³-hybridized carbons (Fsp3) is 0.469. The average Bonchev–Trinajstić information content (AvgIpc) is 3.90. The van der Waals surface area contributed by atoms with E-state index in [1.165, 1.54) is 27.8 Å². The lowest BCUT2D eigenvalue weighted by Gasteiger charge is -2.32. The van der Waals surface area contributed by atoms with Crippen LogP contribution in [0.25, 0.3) is 5.65 Å². The predicted octanol–water partition coefficient (Wildman–Crippen LogP) is 2.98. The normalized spacial score (nSPS) is 23.2. The Morgan fingerprint density at radius 2 is 1.98 bits per heavy atom. The number of amides is 3. The molecule has 2 N–H and O–H groups in total. The maximum atomic E-state index is 14.7. The number of fused-ring (bicyclic) bond motifs is 3. The Morgan fingerprint density at radius 3 is 2.71 bits per heavy atom. The quantitative estimate of drug-likeness (QED) is 0.210. The van der Waals surface area contributed by atoms with E-state index < -0.39 is 35.8 Å². The van der Waals surface area contributed by atoms with Crippen LogP contribution in [0.4, 0.5) is 24.7 Å². The summed E-state index contributed by atoms with van der Waals surface area (Å²) in [6.45, 7) is 2.64. The zero-order valence-electron chi connectivity index (χ0n) is 26.3. The Kier molecular flexibility index (Phi) is 8.02. The summed E-state index contributed by atoms with van der Waals surface area (Å²) in [6.07, 6.45) is 5.64. The number of likely N-dealkylation sites (tertiary alicyclic amines) is 1. The van der Waals surface area contributed by atoms with Crippen molar-refractivity contribution in [3.8, 4) is 0 Å². The number of nitrogens with zero attached hydrogens (tertiary/aromatic N) is 8. The first-order chi connectivity index (χ1) is 23.7. The van der Waals surface area contributed by atoms with Crippen LogP contribution in [0.5, 0.6) is 0 Å². The van der Waals surface area contributed by atoms with E-state index in [0.717, 1.165) is 6.42 Å². The van der Waals surface area contributed by atoms with Gasteiger partial charge in [0.25, 0.3) is 12.3 Å². The van der Waals surface area contributed by atoms with Crippen LogP contribution in [0.3, 0.4) is 0 Å². The first kappa shape index (κ1) is 31.4. The number of carbonyl (C=O) groups is 3. The van der Waals surface area contributed by atoms with Gasteiger partial charge >= 0.3 is 0 Å². The number of imide groups is 1. The molecule has 49 heavy (non-hydrogen) atoms. The van der Waals surface area contributed by atoms with Gasteiger partial charge in [0.2, 0.25) is 17.8 Å². The van der Waals surface area contributed by atoms with Crippen molar-refractivity contribution in [2.24, 2.45) is 0 Å². The van der Waals surface area contributed by atoms with Crippen LogP contribution in [-0.2, 0) is 20.9 Å². The molecule has 4 aliphatic heterocycles. The summed E-state index contributed by atoms with van der Waals surface area (Å²) in [5.41, 5.74) is 0.715. The van der Waals surface area contributed by atoms with E-state index in [1.807, 2.05) is 11.0 Å². The largest absolute Gasteiger partial charge is 0.374 e. The number of rotatable bonds is 8. The molecule has 0 radical (unpaired) electrons. The average molecular weight is 679 g/mol. The lowest BCUT2D eigenvalue weighted by atomic mass is 9.91. The predicted molar refractivity (Wildman–Crippen MR) is 166 cm³/mol.